The Bertz CT molecular complexity index is 598. The molecular formula is C15H17F6NO3. The lowest BCUT2D eigenvalue weighted by Crippen LogP contribution is -2.46. The van der Waals surface area contributed by atoms with Gasteiger partial charge in [-0.05, 0) is 31.5 Å². The number of hydrogen-bond donors (Lipinski definition) is 2. The largest absolute Gasteiger partial charge is 0.484 e. The molecule has 1 aromatic rings. The van der Waals surface area contributed by atoms with Crippen molar-refractivity contribution >= 4 is 5.91 Å². The Morgan fingerprint density at radius 2 is 1.84 bits per heavy atom. The summed E-state index contributed by atoms with van der Waals surface area (Å²) in [5.41, 5.74) is -2.85. The van der Waals surface area contributed by atoms with Crippen LogP contribution in [0, 0.1) is 0 Å². The fourth-order valence-corrected chi connectivity index (χ4v) is 1.83. The third kappa shape index (κ3) is 6.81. The first kappa shape index (κ1) is 21.1. The number of carbonyl (C=O) groups excluding carboxylic acids is 1. The summed E-state index contributed by atoms with van der Waals surface area (Å²) in [6.45, 7) is 0.414. The molecule has 0 aromatic heterocycles. The fourth-order valence-electron chi connectivity index (χ4n) is 1.83. The lowest BCUT2D eigenvalue weighted by atomic mass is 10.0. The number of aliphatic hydroxyl groups is 1. The van der Waals surface area contributed by atoms with Crippen LogP contribution in [0.5, 0.6) is 5.75 Å². The van der Waals surface area contributed by atoms with E-state index in [0.717, 1.165) is 0 Å². The standard InChI is InChI=1S/C15H17F6NO3/c1-9(22-12(23)7-13(2,24)15(19,20)21)10-4-3-5-11(6-10)25-8-14(16,17)18/h3-6,9,24H,7-8H2,1-2H3,(H,22,23). The predicted molar refractivity (Wildman–Crippen MR) is 75.8 cm³/mol. The van der Waals surface area contributed by atoms with Gasteiger partial charge in [-0.2, -0.15) is 26.3 Å². The maximum atomic E-state index is 12.5. The molecule has 0 heterocycles. The van der Waals surface area contributed by atoms with Gasteiger partial charge in [-0.15, -0.1) is 0 Å². The zero-order valence-electron chi connectivity index (χ0n) is 13.3. The van der Waals surface area contributed by atoms with Crippen molar-refractivity contribution in [2.75, 3.05) is 6.61 Å². The van der Waals surface area contributed by atoms with Crippen LogP contribution in [0.25, 0.3) is 0 Å². The van der Waals surface area contributed by atoms with Crippen LogP contribution in [0.1, 0.15) is 31.9 Å². The average Bonchev–Trinajstić information content (AvgIpc) is 2.42. The minimum Gasteiger partial charge on any atom is -0.484 e. The Labute approximate surface area is 139 Å². The molecule has 1 aromatic carbocycles. The Balaban J connectivity index is 2.71. The molecule has 0 bridgehead atoms. The molecule has 0 aliphatic carbocycles. The van der Waals surface area contributed by atoms with Crippen LogP contribution < -0.4 is 10.1 Å². The molecule has 2 N–H and O–H groups in total. The molecule has 0 aliphatic heterocycles. The summed E-state index contributed by atoms with van der Waals surface area (Å²) in [6.07, 6.45) is -10.7. The van der Waals surface area contributed by atoms with Crippen LogP contribution in [-0.2, 0) is 4.79 Å². The zero-order valence-corrected chi connectivity index (χ0v) is 13.3. The van der Waals surface area contributed by atoms with E-state index in [1.54, 1.807) is 0 Å². The molecule has 1 rings (SSSR count). The number of halogens is 6. The molecule has 0 spiro atoms. The molecule has 1 amide bonds. The summed E-state index contributed by atoms with van der Waals surface area (Å²) < 4.78 is 78.6. The van der Waals surface area contributed by atoms with Crippen molar-refractivity contribution in [3.8, 4) is 5.75 Å². The average molecular weight is 373 g/mol. The van der Waals surface area contributed by atoms with E-state index in [1.165, 1.54) is 31.2 Å². The van der Waals surface area contributed by atoms with Gasteiger partial charge in [0.2, 0.25) is 5.91 Å². The first-order chi connectivity index (χ1) is 11.2. The third-order valence-electron chi connectivity index (χ3n) is 3.25. The molecule has 2 unspecified atom stereocenters. The quantitative estimate of drug-likeness (QED) is 0.751. The topological polar surface area (TPSA) is 58.6 Å². The Morgan fingerprint density at radius 3 is 2.36 bits per heavy atom. The molecule has 0 saturated carbocycles. The number of amides is 1. The monoisotopic (exact) mass is 373 g/mol. The van der Waals surface area contributed by atoms with Gasteiger partial charge in [0.25, 0.3) is 0 Å². The molecule has 2 atom stereocenters. The highest BCUT2D eigenvalue weighted by molar-refractivity contribution is 5.77. The molecule has 142 valence electrons. The van der Waals surface area contributed by atoms with Gasteiger partial charge in [-0.1, -0.05) is 12.1 Å². The maximum absolute atomic E-state index is 12.5. The van der Waals surface area contributed by atoms with Gasteiger partial charge >= 0.3 is 12.4 Å². The molecule has 0 radical (unpaired) electrons. The van der Waals surface area contributed by atoms with E-state index < -0.39 is 42.9 Å². The first-order valence-corrected chi connectivity index (χ1v) is 7.09. The molecule has 0 fully saturated rings. The maximum Gasteiger partial charge on any atom is 0.422 e. The second-order valence-corrected chi connectivity index (χ2v) is 5.71. The van der Waals surface area contributed by atoms with E-state index in [4.69, 9.17) is 0 Å². The van der Waals surface area contributed by atoms with Crippen molar-refractivity contribution < 1.29 is 41.0 Å². The molecule has 10 heteroatoms. The summed E-state index contributed by atoms with van der Waals surface area (Å²) in [7, 11) is 0. The van der Waals surface area contributed by atoms with Crippen molar-refractivity contribution in [1.82, 2.24) is 5.32 Å². The molecule has 0 aliphatic rings. The Kier molecular flexibility index (Phi) is 6.33. The predicted octanol–water partition coefficient (Wildman–Crippen LogP) is 3.51. The van der Waals surface area contributed by atoms with Gasteiger partial charge in [0.15, 0.2) is 12.2 Å². The van der Waals surface area contributed by atoms with Crippen LogP contribution in [0.15, 0.2) is 24.3 Å². The normalized spacial score (nSPS) is 16.0. The summed E-state index contributed by atoms with van der Waals surface area (Å²) in [4.78, 5) is 11.7. The second kappa shape index (κ2) is 7.51. The number of rotatable bonds is 6. The van der Waals surface area contributed by atoms with E-state index in [9.17, 15) is 36.2 Å². The van der Waals surface area contributed by atoms with Crippen LogP contribution in [0.3, 0.4) is 0 Å². The van der Waals surface area contributed by atoms with Crippen molar-refractivity contribution in [1.29, 1.82) is 0 Å². The number of nitrogens with one attached hydrogen (secondary N) is 1. The fraction of sp³-hybridized carbons (Fsp3) is 0.533. The van der Waals surface area contributed by atoms with E-state index in [2.05, 4.69) is 10.1 Å². The van der Waals surface area contributed by atoms with Crippen molar-refractivity contribution in [3.05, 3.63) is 29.8 Å². The summed E-state index contributed by atoms with van der Waals surface area (Å²) >= 11 is 0. The number of carbonyl (C=O) groups is 1. The molecule has 4 nitrogen and oxygen atoms in total. The van der Waals surface area contributed by atoms with Gasteiger partial charge in [0, 0.05) is 0 Å². The van der Waals surface area contributed by atoms with Crippen LogP contribution in [0.2, 0.25) is 0 Å². The summed E-state index contributed by atoms with van der Waals surface area (Å²) in [6, 6.07) is 4.56. The lowest BCUT2D eigenvalue weighted by Gasteiger charge is -2.26. The summed E-state index contributed by atoms with van der Waals surface area (Å²) in [5, 5.41) is 11.5. The highest BCUT2D eigenvalue weighted by Crippen LogP contribution is 2.32. The first-order valence-electron chi connectivity index (χ1n) is 7.09. The van der Waals surface area contributed by atoms with Crippen molar-refractivity contribution in [2.24, 2.45) is 0 Å². The van der Waals surface area contributed by atoms with Gasteiger partial charge < -0.3 is 15.2 Å². The van der Waals surface area contributed by atoms with Crippen molar-refractivity contribution in [2.45, 2.75) is 44.3 Å². The minimum atomic E-state index is -4.97. The van der Waals surface area contributed by atoms with Crippen molar-refractivity contribution in [3.63, 3.8) is 0 Å². The highest BCUT2D eigenvalue weighted by Gasteiger charge is 2.51. The van der Waals surface area contributed by atoms with E-state index in [1.807, 2.05) is 0 Å². The minimum absolute atomic E-state index is 0.0989. The van der Waals surface area contributed by atoms with E-state index >= 15 is 0 Å². The van der Waals surface area contributed by atoms with Gasteiger partial charge in [-0.25, -0.2) is 0 Å². The lowest BCUT2D eigenvalue weighted by molar-refractivity contribution is -0.253. The van der Waals surface area contributed by atoms with Gasteiger partial charge in [-0.3, -0.25) is 4.79 Å². The highest BCUT2D eigenvalue weighted by atomic mass is 19.4. The van der Waals surface area contributed by atoms with Crippen LogP contribution >= 0.6 is 0 Å². The third-order valence-corrected chi connectivity index (χ3v) is 3.25. The van der Waals surface area contributed by atoms with E-state index in [0.29, 0.717) is 12.5 Å². The van der Waals surface area contributed by atoms with E-state index in [-0.39, 0.29) is 5.75 Å². The molecular weight excluding hydrogens is 356 g/mol. The Hall–Kier alpha value is -1.97. The molecule has 0 saturated heterocycles. The van der Waals surface area contributed by atoms with Crippen LogP contribution in [-0.4, -0.2) is 35.6 Å². The SMILES string of the molecule is CC(NC(=O)CC(C)(O)C(F)(F)F)c1cccc(OCC(F)(F)F)c1. The smallest absolute Gasteiger partial charge is 0.422 e. The second-order valence-electron chi connectivity index (χ2n) is 5.71. The van der Waals surface area contributed by atoms with Gasteiger partial charge in [0.1, 0.15) is 5.75 Å². The zero-order chi connectivity index (χ0) is 19.5. The van der Waals surface area contributed by atoms with Crippen LogP contribution in [0.4, 0.5) is 26.3 Å². The Morgan fingerprint density at radius 1 is 1.24 bits per heavy atom. The molecule has 25 heavy (non-hydrogen) atoms. The summed E-state index contributed by atoms with van der Waals surface area (Å²) in [5.74, 6) is -1.16. The number of hydrogen-bond acceptors (Lipinski definition) is 3. The van der Waals surface area contributed by atoms with Gasteiger partial charge in [0.05, 0.1) is 12.5 Å². The number of alkyl halides is 6. The number of benzene rings is 1. The number of ether oxygens (including phenoxy) is 1.